The van der Waals surface area contributed by atoms with Gasteiger partial charge in [0, 0.05) is 18.8 Å². The van der Waals surface area contributed by atoms with E-state index in [1.165, 1.54) is 12.1 Å². The monoisotopic (exact) mass is 280 g/mol. The summed E-state index contributed by atoms with van der Waals surface area (Å²) in [7, 11) is 0. The summed E-state index contributed by atoms with van der Waals surface area (Å²) < 4.78 is 18.5. The van der Waals surface area contributed by atoms with Crippen molar-refractivity contribution in [2.24, 2.45) is 0 Å². The first-order chi connectivity index (χ1) is 9.45. The quantitative estimate of drug-likeness (QED) is 0.923. The molecule has 1 amide bonds. The van der Waals surface area contributed by atoms with Crippen molar-refractivity contribution >= 4 is 11.6 Å². The van der Waals surface area contributed by atoms with E-state index in [1.807, 2.05) is 20.8 Å². The van der Waals surface area contributed by atoms with Gasteiger partial charge in [-0.1, -0.05) is 0 Å². The van der Waals surface area contributed by atoms with Crippen molar-refractivity contribution in [3.8, 4) is 0 Å². The minimum atomic E-state index is -0.313. The molecule has 1 heterocycles. The number of nitrogens with zero attached hydrogens (tertiary/aromatic N) is 1. The summed E-state index contributed by atoms with van der Waals surface area (Å²) in [4.78, 5) is 14.3. The van der Waals surface area contributed by atoms with E-state index in [1.54, 1.807) is 12.1 Å². The lowest BCUT2D eigenvalue weighted by Crippen LogP contribution is -2.52. The smallest absolute Gasteiger partial charge is 0.241 e. The standard InChI is InChI=1S/C15H21FN2O2/c1-10-8-18(9-11(2)20-10)12(3)15(19)17-14-6-4-13(16)5-7-14/h4-7,10-12H,8-9H2,1-3H3,(H,17,19). The van der Waals surface area contributed by atoms with Crippen LogP contribution < -0.4 is 5.32 Å². The van der Waals surface area contributed by atoms with Crippen molar-refractivity contribution in [1.82, 2.24) is 4.90 Å². The first-order valence-electron chi connectivity index (χ1n) is 6.91. The van der Waals surface area contributed by atoms with Gasteiger partial charge in [0.1, 0.15) is 5.82 Å². The molecule has 0 aromatic heterocycles. The minimum Gasteiger partial charge on any atom is -0.373 e. The average Bonchev–Trinajstić information content (AvgIpc) is 2.39. The molecule has 3 unspecified atom stereocenters. The summed E-state index contributed by atoms with van der Waals surface area (Å²) in [6.45, 7) is 7.37. The number of rotatable bonds is 3. The summed E-state index contributed by atoms with van der Waals surface area (Å²) in [6, 6.07) is 5.54. The molecule has 110 valence electrons. The molecule has 0 radical (unpaired) electrons. The largest absolute Gasteiger partial charge is 0.373 e. The minimum absolute atomic E-state index is 0.0853. The number of ether oxygens (including phenoxy) is 1. The van der Waals surface area contributed by atoms with Crippen molar-refractivity contribution < 1.29 is 13.9 Å². The highest BCUT2D eigenvalue weighted by Crippen LogP contribution is 2.15. The lowest BCUT2D eigenvalue weighted by molar-refractivity contribution is -0.126. The molecule has 2 rings (SSSR count). The SMILES string of the molecule is CC1CN(C(C)C(=O)Nc2ccc(F)cc2)CC(C)O1. The van der Waals surface area contributed by atoms with Crippen LogP contribution in [0.15, 0.2) is 24.3 Å². The highest BCUT2D eigenvalue weighted by molar-refractivity contribution is 5.94. The Labute approximate surface area is 118 Å². The van der Waals surface area contributed by atoms with E-state index in [2.05, 4.69) is 10.2 Å². The Hall–Kier alpha value is -1.46. The third-order valence-corrected chi connectivity index (χ3v) is 3.49. The van der Waals surface area contributed by atoms with Crippen molar-refractivity contribution in [2.45, 2.75) is 39.0 Å². The van der Waals surface area contributed by atoms with Gasteiger partial charge in [0.25, 0.3) is 0 Å². The number of hydrogen-bond acceptors (Lipinski definition) is 3. The molecule has 1 aromatic rings. The normalized spacial score (nSPS) is 25.2. The molecule has 20 heavy (non-hydrogen) atoms. The van der Waals surface area contributed by atoms with Crippen LogP contribution >= 0.6 is 0 Å². The van der Waals surface area contributed by atoms with Gasteiger partial charge in [0.2, 0.25) is 5.91 Å². The maximum atomic E-state index is 12.8. The van der Waals surface area contributed by atoms with Gasteiger partial charge in [-0.05, 0) is 45.0 Å². The van der Waals surface area contributed by atoms with Crippen LogP contribution in [0.1, 0.15) is 20.8 Å². The van der Waals surface area contributed by atoms with Crippen LogP contribution in [-0.4, -0.2) is 42.1 Å². The third kappa shape index (κ3) is 3.77. The topological polar surface area (TPSA) is 41.6 Å². The fourth-order valence-electron chi connectivity index (χ4n) is 2.48. The predicted octanol–water partition coefficient (Wildman–Crippen LogP) is 2.26. The van der Waals surface area contributed by atoms with Crippen molar-refractivity contribution in [3.05, 3.63) is 30.1 Å². The molecule has 1 saturated heterocycles. The Bertz CT molecular complexity index is 453. The maximum absolute atomic E-state index is 12.8. The van der Waals surface area contributed by atoms with Crippen LogP contribution in [-0.2, 0) is 9.53 Å². The fourth-order valence-corrected chi connectivity index (χ4v) is 2.48. The van der Waals surface area contributed by atoms with Crippen LogP contribution in [0.25, 0.3) is 0 Å². The first kappa shape index (κ1) is 14.9. The zero-order chi connectivity index (χ0) is 14.7. The second-order valence-corrected chi connectivity index (χ2v) is 5.38. The van der Waals surface area contributed by atoms with Crippen LogP contribution in [0, 0.1) is 5.82 Å². The number of halogens is 1. The number of amides is 1. The second kappa shape index (κ2) is 6.33. The third-order valence-electron chi connectivity index (χ3n) is 3.49. The molecule has 5 heteroatoms. The molecule has 1 aliphatic rings. The zero-order valence-corrected chi connectivity index (χ0v) is 12.1. The molecule has 1 aromatic carbocycles. The molecular formula is C15H21FN2O2. The van der Waals surface area contributed by atoms with Crippen molar-refractivity contribution in [1.29, 1.82) is 0 Å². The summed E-state index contributed by atoms with van der Waals surface area (Å²) in [5, 5.41) is 2.81. The Morgan fingerprint density at radius 2 is 1.85 bits per heavy atom. The van der Waals surface area contributed by atoms with Gasteiger partial charge in [-0.25, -0.2) is 4.39 Å². The van der Waals surface area contributed by atoms with Gasteiger partial charge in [0.05, 0.1) is 18.2 Å². The van der Waals surface area contributed by atoms with Crippen molar-refractivity contribution in [3.63, 3.8) is 0 Å². The van der Waals surface area contributed by atoms with E-state index in [0.717, 1.165) is 13.1 Å². The summed E-state index contributed by atoms with van der Waals surface area (Å²) in [6.07, 6.45) is 0.250. The van der Waals surface area contributed by atoms with Gasteiger partial charge in [0.15, 0.2) is 0 Å². The van der Waals surface area contributed by atoms with Crippen LogP contribution in [0.2, 0.25) is 0 Å². The number of carbonyl (C=O) groups excluding carboxylic acids is 1. The molecule has 1 fully saturated rings. The molecular weight excluding hydrogens is 259 g/mol. The summed E-state index contributed by atoms with van der Waals surface area (Å²) in [5.74, 6) is -0.398. The van der Waals surface area contributed by atoms with Gasteiger partial charge >= 0.3 is 0 Å². The number of benzene rings is 1. The number of anilines is 1. The fraction of sp³-hybridized carbons (Fsp3) is 0.533. The van der Waals surface area contributed by atoms with E-state index < -0.39 is 0 Å². The Morgan fingerprint density at radius 3 is 2.40 bits per heavy atom. The first-order valence-corrected chi connectivity index (χ1v) is 6.91. The molecule has 0 spiro atoms. The number of hydrogen-bond donors (Lipinski definition) is 1. The molecule has 0 bridgehead atoms. The van der Waals surface area contributed by atoms with Crippen molar-refractivity contribution in [2.75, 3.05) is 18.4 Å². The number of morpholine rings is 1. The lowest BCUT2D eigenvalue weighted by Gasteiger charge is -2.38. The Kier molecular flexibility index (Phi) is 4.73. The Morgan fingerprint density at radius 1 is 1.30 bits per heavy atom. The van der Waals surface area contributed by atoms with Gasteiger partial charge < -0.3 is 10.1 Å². The predicted molar refractivity (Wildman–Crippen MR) is 76.1 cm³/mol. The lowest BCUT2D eigenvalue weighted by atomic mass is 10.1. The second-order valence-electron chi connectivity index (χ2n) is 5.38. The van der Waals surface area contributed by atoms with Gasteiger partial charge in [-0.3, -0.25) is 9.69 Å². The van der Waals surface area contributed by atoms with E-state index >= 15 is 0 Å². The highest BCUT2D eigenvalue weighted by atomic mass is 19.1. The van der Waals surface area contributed by atoms with Gasteiger partial charge in [-0.15, -0.1) is 0 Å². The molecule has 0 saturated carbocycles. The molecule has 0 aliphatic carbocycles. The Balaban J connectivity index is 1.96. The molecule has 4 nitrogen and oxygen atoms in total. The van der Waals surface area contributed by atoms with E-state index in [4.69, 9.17) is 4.74 Å². The van der Waals surface area contributed by atoms with E-state index in [0.29, 0.717) is 5.69 Å². The molecule has 1 N–H and O–H groups in total. The molecule has 3 atom stereocenters. The van der Waals surface area contributed by atoms with E-state index in [-0.39, 0.29) is 30.0 Å². The number of nitrogens with one attached hydrogen (secondary N) is 1. The van der Waals surface area contributed by atoms with Gasteiger partial charge in [-0.2, -0.15) is 0 Å². The number of carbonyl (C=O) groups is 1. The highest BCUT2D eigenvalue weighted by Gasteiger charge is 2.29. The van der Waals surface area contributed by atoms with E-state index in [9.17, 15) is 9.18 Å². The molecule has 1 aliphatic heterocycles. The van der Waals surface area contributed by atoms with Crippen LogP contribution in [0.3, 0.4) is 0 Å². The zero-order valence-electron chi connectivity index (χ0n) is 12.1. The maximum Gasteiger partial charge on any atom is 0.241 e. The summed E-state index contributed by atoms with van der Waals surface area (Å²) >= 11 is 0. The average molecular weight is 280 g/mol. The van der Waals surface area contributed by atoms with Crippen LogP contribution in [0.5, 0.6) is 0 Å². The van der Waals surface area contributed by atoms with Crippen LogP contribution in [0.4, 0.5) is 10.1 Å². The summed E-state index contributed by atoms with van der Waals surface area (Å²) in [5.41, 5.74) is 0.609.